The highest BCUT2D eigenvalue weighted by molar-refractivity contribution is 9.10. The zero-order valence-corrected chi connectivity index (χ0v) is 13.8. The molecule has 0 aliphatic carbocycles. The van der Waals surface area contributed by atoms with Crippen molar-refractivity contribution in [2.45, 2.75) is 13.5 Å². The van der Waals surface area contributed by atoms with Gasteiger partial charge >= 0.3 is 5.97 Å². The maximum atomic E-state index is 12.1. The zero-order valence-electron chi connectivity index (χ0n) is 12.3. The summed E-state index contributed by atoms with van der Waals surface area (Å²) in [4.78, 5) is 23.6. The quantitative estimate of drug-likeness (QED) is 0.462. The standard InChI is InChI=1S/C17H15BrO4/c1-11-8-9-13(22-10-12-6-4-3-5-7-12)15(18)14(11)16(19)17(20)21-2/h3-9H,10H2,1-2H3. The Morgan fingerprint density at radius 2 is 1.77 bits per heavy atom. The first-order valence-electron chi connectivity index (χ1n) is 6.63. The molecule has 22 heavy (non-hydrogen) atoms. The summed E-state index contributed by atoms with van der Waals surface area (Å²) in [5.41, 5.74) is 1.95. The van der Waals surface area contributed by atoms with Gasteiger partial charge in [0.25, 0.3) is 5.78 Å². The molecule has 0 aliphatic heterocycles. The minimum Gasteiger partial charge on any atom is -0.488 e. The van der Waals surface area contributed by atoms with E-state index in [2.05, 4.69) is 20.7 Å². The number of carbonyl (C=O) groups is 2. The van der Waals surface area contributed by atoms with Crippen LogP contribution >= 0.6 is 15.9 Å². The van der Waals surface area contributed by atoms with Crippen LogP contribution in [0.3, 0.4) is 0 Å². The number of hydrogen-bond acceptors (Lipinski definition) is 4. The number of Topliss-reactive ketones (excluding diaryl/α,β-unsaturated/α-hetero) is 1. The van der Waals surface area contributed by atoms with E-state index in [-0.39, 0.29) is 5.56 Å². The van der Waals surface area contributed by atoms with Crippen LogP contribution in [-0.2, 0) is 16.1 Å². The van der Waals surface area contributed by atoms with E-state index in [9.17, 15) is 9.59 Å². The Morgan fingerprint density at radius 1 is 1.09 bits per heavy atom. The van der Waals surface area contributed by atoms with Crippen molar-refractivity contribution in [2.75, 3.05) is 7.11 Å². The highest BCUT2D eigenvalue weighted by Gasteiger charge is 2.23. The van der Waals surface area contributed by atoms with Crippen LogP contribution in [0.1, 0.15) is 21.5 Å². The maximum Gasteiger partial charge on any atom is 0.379 e. The second-order valence-corrected chi connectivity index (χ2v) is 5.46. The predicted octanol–water partition coefficient (Wildman–Crippen LogP) is 3.69. The molecular formula is C17H15BrO4. The van der Waals surface area contributed by atoms with Gasteiger partial charge in [0.2, 0.25) is 0 Å². The number of rotatable bonds is 5. The Labute approximate surface area is 137 Å². The average Bonchev–Trinajstić information content (AvgIpc) is 2.54. The van der Waals surface area contributed by atoms with Gasteiger partial charge in [-0.15, -0.1) is 0 Å². The van der Waals surface area contributed by atoms with Crippen LogP contribution in [-0.4, -0.2) is 18.9 Å². The molecule has 0 saturated heterocycles. The van der Waals surface area contributed by atoms with Gasteiger partial charge in [0.1, 0.15) is 12.4 Å². The summed E-state index contributed by atoms with van der Waals surface area (Å²) in [5.74, 6) is -1.09. The lowest BCUT2D eigenvalue weighted by Gasteiger charge is -2.13. The number of methoxy groups -OCH3 is 1. The first-order chi connectivity index (χ1) is 10.5. The van der Waals surface area contributed by atoms with Gasteiger partial charge in [-0.2, -0.15) is 0 Å². The summed E-state index contributed by atoms with van der Waals surface area (Å²) >= 11 is 3.35. The summed E-state index contributed by atoms with van der Waals surface area (Å²) < 4.78 is 10.7. The highest BCUT2D eigenvalue weighted by atomic mass is 79.9. The lowest BCUT2D eigenvalue weighted by molar-refractivity contribution is -0.135. The molecule has 0 amide bonds. The van der Waals surface area contributed by atoms with Crippen molar-refractivity contribution in [2.24, 2.45) is 0 Å². The zero-order chi connectivity index (χ0) is 16.1. The molecule has 0 aliphatic rings. The highest BCUT2D eigenvalue weighted by Crippen LogP contribution is 2.32. The van der Waals surface area contributed by atoms with Gasteiger partial charge in [-0.1, -0.05) is 36.4 Å². The smallest absolute Gasteiger partial charge is 0.379 e. The summed E-state index contributed by atoms with van der Waals surface area (Å²) in [6.45, 7) is 2.12. The van der Waals surface area contributed by atoms with Crippen molar-refractivity contribution < 1.29 is 19.1 Å². The number of aryl methyl sites for hydroxylation is 1. The Balaban J connectivity index is 2.27. The summed E-state index contributed by atoms with van der Waals surface area (Å²) in [7, 11) is 1.18. The van der Waals surface area contributed by atoms with Gasteiger partial charge in [0, 0.05) is 0 Å². The van der Waals surface area contributed by atoms with Gasteiger partial charge in [0.05, 0.1) is 17.1 Å². The van der Waals surface area contributed by atoms with Crippen molar-refractivity contribution in [3.05, 3.63) is 63.6 Å². The van der Waals surface area contributed by atoms with E-state index in [0.717, 1.165) is 5.56 Å². The number of halogens is 1. The Hall–Kier alpha value is -2.14. The number of carbonyl (C=O) groups excluding carboxylic acids is 2. The fourth-order valence-electron chi connectivity index (χ4n) is 1.97. The van der Waals surface area contributed by atoms with Crippen LogP contribution in [0.5, 0.6) is 5.75 Å². The molecule has 2 aromatic rings. The molecule has 2 aromatic carbocycles. The van der Waals surface area contributed by atoms with Crippen LogP contribution in [0.25, 0.3) is 0 Å². The predicted molar refractivity (Wildman–Crippen MR) is 86.0 cm³/mol. The molecular weight excluding hydrogens is 348 g/mol. The summed E-state index contributed by atoms with van der Waals surface area (Å²) in [5, 5.41) is 0. The minimum absolute atomic E-state index is 0.261. The first-order valence-corrected chi connectivity index (χ1v) is 7.42. The van der Waals surface area contributed by atoms with Crippen molar-refractivity contribution in [3.8, 4) is 5.75 Å². The van der Waals surface area contributed by atoms with Gasteiger partial charge in [0.15, 0.2) is 0 Å². The largest absolute Gasteiger partial charge is 0.488 e. The third-order valence-electron chi connectivity index (χ3n) is 3.15. The number of esters is 1. The van der Waals surface area contributed by atoms with Crippen LogP contribution in [0.15, 0.2) is 46.9 Å². The fourth-order valence-corrected chi connectivity index (χ4v) is 2.71. The van der Waals surface area contributed by atoms with Crippen LogP contribution in [0.2, 0.25) is 0 Å². The maximum absolute atomic E-state index is 12.1. The SMILES string of the molecule is COC(=O)C(=O)c1c(C)ccc(OCc2ccccc2)c1Br. The monoisotopic (exact) mass is 362 g/mol. The molecule has 5 heteroatoms. The topological polar surface area (TPSA) is 52.6 Å². The second kappa shape index (κ2) is 7.22. The van der Waals surface area contributed by atoms with Gasteiger partial charge in [-0.25, -0.2) is 4.79 Å². The molecule has 0 unspecified atom stereocenters. The Morgan fingerprint density at radius 3 is 2.41 bits per heavy atom. The van der Waals surface area contributed by atoms with Crippen molar-refractivity contribution in [1.29, 1.82) is 0 Å². The van der Waals surface area contributed by atoms with Gasteiger partial charge < -0.3 is 9.47 Å². The molecule has 4 nitrogen and oxygen atoms in total. The molecule has 0 saturated carbocycles. The molecule has 0 fully saturated rings. The summed E-state index contributed by atoms with van der Waals surface area (Å²) in [6.07, 6.45) is 0. The van der Waals surface area contributed by atoms with Crippen LogP contribution in [0.4, 0.5) is 0 Å². The first kappa shape index (κ1) is 16.2. The van der Waals surface area contributed by atoms with E-state index in [1.165, 1.54) is 7.11 Å². The van der Waals surface area contributed by atoms with E-state index < -0.39 is 11.8 Å². The number of ketones is 1. The molecule has 0 spiro atoms. The molecule has 0 aromatic heterocycles. The average molecular weight is 363 g/mol. The third kappa shape index (κ3) is 3.54. The van der Waals surface area contributed by atoms with Crippen molar-refractivity contribution in [1.82, 2.24) is 0 Å². The number of benzene rings is 2. The lowest BCUT2D eigenvalue weighted by atomic mass is 10.0. The molecule has 0 atom stereocenters. The van der Waals surface area contributed by atoms with Gasteiger partial charge in [-0.05, 0) is 40.0 Å². The number of hydrogen-bond donors (Lipinski definition) is 0. The normalized spacial score (nSPS) is 10.1. The lowest BCUT2D eigenvalue weighted by Crippen LogP contribution is -2.17. The third-order valence-corrected chi connectivity index (χ3v) is 3.94. The van der Waals surface area contributed by atoms with Crippen LogP contribution in [0, 0.1) is 6.92 Å². The molecule has 0 N–H and O–H groups in total. The van der Waals surface area contributed by atoms with E-state index >= 15 is 0 Å². The van der Waals surface area contributed by atoms with E-state index in [0.29, 0.717) is 22.4 Å². The fraction of sp³-hybridized carbons (Fsp3) is 0.176. The summed E-state index contributed by atoms with van der Waals surface area (Å²) in [6, 6.07) is 13.2. The molecule has 114 valence electrons. The van der Waals surface area contributed by atoms with Crippen LogP contribution < -0.4 is 4.74 Å². The van der Waals surface area contributed by atoms with Gasteiger partial charge in [-0.3, -0.25) is 4.79 Å². The molecule has 0 radical (unpaired) electrons. The van der Waals surface area contributed by atoms with Crippen molar-refractivity contribution >= 4 is 27.7 Å². The number of ether oxygens (including phenoxy) is 2. The molecule has 0 bridgehead atoms. The van der Waals surface area contributed by atoms with E-state index in [1.54, 1.807) is 19.1 Å². The van der Waals surface area contributed by atoms with E-state index in [4.69, 9.17) is 4.74 Å². The van der Waals surface area contributed by atoms with E-state index in [1.807, 2.05) is 30.3 Å². The molecule has 2 rings (SSSR count). The van der Waals surface area contributed by atoms with Crippen molar-refractivity contribution in [3.63, 3.8) is 0 Å². The second-order valence-electron chi connectivity index (χ2n) is 4.66. The Bertz CT molecular complexity index is 695. The minimum atomic E-state index is -0.899. The Kier molecular flexibility index (Phi) is 5.33. The molecule has 0 heterocycles.